The van der Waals surface area contributed by atoms with Gasteiger partial charge < -0.3 is 5.32 Å². The second kappa shape index (κ2) is 6.71. The maximum absolute atomic E-state index is 6.22. The van der Waals surface area contributed by atoms with Crippen LogP contribution in [0.25, 0.3) is 11.3 Å². The molecule has 0 amide bonds. The van der Waals surface area contributed by atoms with Crippen LogP contribution in [0, 0.1) is 6.92 Å². The third kappa shape index (κ3) is 3.10. The molecule has 0 saturated heterocycles. The van der Waals surface area contributed by atoms with E-state index >= 15 is 0 Å². The van der Waals surface area contributed by atoms with Crippen molar-refractivity contribution in [2.45, 2.75) is 33.6 Å². The minimum absolute atomic E-state index is 0.770. The number of nitrogens with one attached hydrogen (secondary N) is 1. The smallest absolute Gasteiger partial charge is 0.133 e. The molecule has 106 valence electrons. The van der Waals surface area contributed by atoms with Crippen LogP contribution in [-0.2, 0) is 6.42 Å². The van der Waals surface area contributed by atoms with Gasteiger partial charge in [0.1, 0.15) is 12.1 Å². The lowest BCUT2D eigenvalue weighted by molar-refractivity contribution is 0.949. The van der Waals surface area contributed by atoms with Crippen LogP contribution in [0.2, 0.25) is 5.02 Å². The number of nitrogens with zero attached hydrogens (tertiary/aromatic N) is 2. The fourth-order valence-electron chi connectivity index (χ4n) is 2.13. The minimum Gasteiger partial charge on any atom is -0.370 e. The van der Waals surface area contributed by atoms with Gasteiger partial charge in [0.15, 0.2) is 0 Å². The monoisotopic (exact) mass is 289 g/mol. The summed E-state index contributed by atoms with van der Waals surface area (Å²) < 4.78 is 0. The van der Waals surface area contributed by atoms with E-state index < -0.39 is 0 Å². The molecule has 1 N–H and O–H groups in total. The van der Waals surface area contributed by atoms with Crippen molar-refractivity contribution < 1.29 is 0 Å². The maximum Gasteiger partial charge on any atom is 0.133 e. The Morgan fingerprint density at radius 3 is 2.65 bits per heavy atom. The molecule has 1 aromatic heterocycles. The summed E-state index contributed by atoms with van der Waals surface area (Å²) in [7, 11) is 0. The number of anilines is 1. The standard InChI is InChI=1S/C16H20ClN3/c1-4-8-18-16-13(5-2)15(19-10-20-16)12-7-6-11(3)14(17)9-12/h6-7,9-10H,4-5,8H2,1-3H3,(H,18,19,20). The Bertz CT molecular complexity index is 596. The first kappa shape index (κ1) is 14.8. The quantitative estimate of drug-likeness (QED) is 0.881. The largest absolute Gasteiger partial charge is 0.370 e. The second-order valence-electron chi connectivity index (χ2n) is 4.79. The molecule has 1 aromatic carbocycles. The average Bonchev–Trinajstić information content (AvgIpc) is 2.47. The summed E-state index contributed by atoms with van der Waals surface area (Å²) in [6, 6.07) is 6.06. The number of rotatable bonds is 5. The molecule has 0 unspecified atom stereocenters. The molecule has 2 rings (SSSR count). The minimum atomic E-state index is 0.770. The van der Waals surface area contributed by atoms with Crippen molar-refractivity contribution in [3.8, 4) is 11.3 Å². The first-order valence-electron chi connectivity index (χ1n) is 7.01. The Morgan fingerprint density at radius 1 is 1.20 bits per heavy atom. The second-order valence-corrected chi connectivity index (χ2v) is 5.20. The van der Waals surface area contributed by atoms with Crippen LogP contribution in [0.3, 0.4) is 0 Å². The summed E-state index contributed by atoms with van der Waals surface area (Å²) in [4.78, 5) is 8.81. The zero-order valence-electron chi connectivity index (χ0n) is 12.2. The lowest BCUT2D eigenvalue weighted by atomic mass is 10.0. The van der Waals surface area contributed by atoms with Crippen molar-refractivity contribution in [2.24, 2.45) is 0 Å². The topological polar surface area (TPSA) is 37.8 Å². The van der Waals surface area contributed by atoms with Crippen molar-refractivity contribution in [3.05, 3.63) is 40.7 Å². The molecular weight excluding hydrogens is 270 g/mol. The van der Waals surface area contributed by atoms with Crippen LogP contribution >= 0.6 is 11.6 Å². The van der Waals surface area contributed by atoms with E-state index in [9.17, 15) is 0 Å². The Balaban J connectivity index is 2.47. The van der Waals surface area contributed by atoms with Crippen molar-refractivity contribution in [1.29, 1.82) is 0 Å². The Kier molecular flexibility index (Phi) is 4.96. The molecule has 3 nitrogen and oxygen atoms in total. The predicted molar refractivity (Wildman–Crippen MR) is 85.4 cm³/mol. The molecule has 2 aromatic rings. The van der Waals surface area contributed by atoms with E-state index in [0.717, 1.165) is 52.6 Å². The lowest BCUT2D eigenvalue weighted by Gasteiger charge is -2.13. The zero-order valence-corrected chi connectivity index (χ0v) is 13.0. The van der Waals surface area contributed by atoms with Crippen LogP contribution in [-0.4, -0.2) is 16.5 Å². The van der Waals surface area contributed by atoms with Crippen molar-refractivity contribution in [3.63, 3.8) is 0 Å². The zero-order chi connectivity index (χ0) is 14.5. The van der Waals surface area contributed by atoms with Crippen molar-refractivity contribution >= 4 is 17.4 Å². The highest BCUT2D eigenvalue weighted by Crippen LogP contribution is 2.29. The van der Waals surface area contributed by atoms with Crippen LogP contribution in [0.4, 0.5) is 5.82 Å². The van der Waals surface area contributed by atoms with Gasteiger partial charge in [0, 0.05) is 22.7 Å². The summed E-state index contributed by atoms with van der Waals surface area (Å²) in [5, 5.41) is 4.14. The van der Waals surface area contributed by atoms with Crippen LogP contribution in [0.5, 0.6) is 0 Å². The molecular formula is C16H20ClN3. The Labute approximate surface area is 125 Å². The summed E-state index contributed by atoms with van der Waals surface area (Å²) in [5.41, 5.74) is 4.22. The summed E-state index contributed by atoms with van der Waals surface area (Å²) in [6.45, 7) is 7.18. The first-order chi connectivity index (χ1) is 9.67. The van der Waals surface area contributed by atoms with Crippen LogP contribution in [0.15, 0.2) is 24.5 Å². The SMILES string of the molecule is CCCNc1ncnc(-c2ccc(C)c(Cl)c2)c1CC. The van der Waals surface area contributed by atoms with E-state index in [-0.39, 0.29) is 0 Å². The third-order valence-electron chi connectivity index (χ3n) is 3.29. The van der Waals surface area contributed by atoms with Crippen LogP contribution in [0.1, 0.15) is 31.4 Å². The number of hydrogen-bond donors (Lipinski definition) is 1. The molecule has 20 heavy (non-hydrogen) atoms. The summed E-state index contributed by atoms with van der Waals surface area (Å²) >= 11 is 6.22. The fourth-order valence-corrected chi connectivity index (χ4v) is 2.31. The van der Waals surface area contributed by atoms with Crippen molar-refractivity contribution in [1.82, 2.24) is 9.97 Å². The van der Waals surface area contributed by atoms with E-state index in [1.165, 1.54) is 0 Å². The van der Waals surface area contributed by atoms with Gasteiger partial charge in [-0.15, -0.1) is 0 Å². The number of aromatic nitrogens is 2. The number of hydrogen-bond acceptors (Lipinski definition) is 3. The molecule has 1 heterocycles. The van der Waals surface area contributed by atoms with E-state index in [1.54, 1.807) is 6.33 Å². The van der Waals surface area contributed by atoms with Gasteiger partial charge >= 0.3 is 0 Å². The number of halogens is 1. The molecule has 0 radical (unpaired) electrons. The molecule has 0 spiro atoms. The summed E-state index contributed by atoms with van der Waals surface area (Å²) in [5.74, 6) is 0.927. The summed E-state index contributed by atoms with van der Waals surface area (Å²) in [6.07, 6.45) is 3.56. The van der Waals surface area contributed by atoms with E-state index in [1.807, 2.05) is 19.1 Å². The van der Waals surface area contributed by atoms with Gasteiger partial charge in [-0.3, -0.25) is 0 Å². The van der Waals surface area contributed by atoms with Gasteiger partial charge in [0.25, 0.3) is 0 Å². The highest BCUT2D eigenvalue weighted by atomic mass is 35.5. The molecule has 4 heteroatoms. The maximum atomic E-state index is 6.22. The third-order valence-corrected chi connectivity index (χ3v) is 3.69. The lowest BCUT2D eigenvalue weighted by Crippen LogP contribution is -2.07. The fraction of sp³-hybridized carbons (Fsp3) is 0.375. The first-order valence-corrected chi connectivity index (χ1v) is 7.39. The Morgan fingerprint density at radius 2 is 2.00 bits per heavy atom. The highest BCUT2D eigenvalue weighted by molar-refractivity contribution is 6.31. The van der Waals surface area contributed by atoms with Gasteiger partial charge in [-0.05, 0) is 31.4 Å². The molecule has 0 bridgehead atoms. The predicted octanol–water partition coefficient (Wildman–Crippen LogP) is 4.49. The molecule has 0 aliphatic rings. The van der Waals surface area contributed by atoms with E-state index in [0.29, 0.717) is 0 Å². The normalized spacial score (nSPS) is 10.6. The highest BCUT2D eigenvalue weighted by Gasteiger charge is 2.12. The van der Waals surface area contributed by atoms with Crippen LogP contribution < -0.4 is 5.32 Å². The molecule has 0 saturated carbocycles. The average molecular weight is 290 g/mol. The van der Waals surface area contributed by atoms with Gasteiger partial charge in [0.05, 0.1) is 5.69 Å². The van der Waals surface area contributed by atoms with Gasteiger partial charge in [-0.1, -0.05) is 37.6 Å². The van der Waals surface area contributed by atoms with Gasteiger partial charge in [-0.2, -0.15) is 0 Å². The molecule has 0 aliphatic carbocycles. The van der Waals surface area contributed by atoms with E-state index in [2.05, 4.69) is 35.2 Å². The number of aryl methyl sites for hydroxylation is 1. The Hall–Kier alpha value is -1.61. The van der Waals surface area contributed by atoms with Gasteiger partial charge in [-0.25, -0.2) is 9.97 Å². The number of benzene rings is 1. The van der Waals surface area contributed by atoms with E-state index in [4.69, 9.17) is 11.6 Å². The molecule has 0 atom stereocenters. The van der Waals surface area contributed by atoms with Gasteiger partial charge in [0.2, 0.25) is 0 Å². The molecule has 0 fully saturated rings. The molecule has 0 aliphatic heterocycles. The van der Waals surface area contributed by atoms with Crippen molar-refractivity contribution in [2.75, 3.05) is 11.9 Å².